The quantitative estimate of drug-likeness (QED) is 0.237. The van der Waals surface area contributed by atoms with Crippen molar-refractivity contribution >= 4 is 36.9 Å². The number of phosphoric acid groups is 1. The van der Waals surface area contributed by atoms with Gasteiger partial charge in [0.2, 0.25) is 11.5 Å². The van der Waals surface area contributed by atoms with Crippen molar-refractivity contribution in [2.45, 2.75) is 26.8 Å². The van der Waals surface area contributed by atoms with Gasteiger partial charge in [0.1, 0.15) is 11.6 Å². The maximum Gasteiger partial charge on any atom is 0.469 e. The molecule has 1 aromatic carbocycles. The van der Waals surface area contributed by atoms with E-state index in [1.807, 2.05) is 0 Å². The van der Waals surface area contributed by atoms with Crippen molar-refractivity contribution in [2.24, 2.45) is 0 Å². The second-order valence-corrected chi connectivity index (χ2v) is 8.71. The molecule has 0 atom stereocenters. The van der Waals surface area contributed by atoms with Gasteiger partial charge >= 0.3 is 7.82 Å². The number of nitrogens with two attached hydrogens (primary N) is 1. The number of phosphoric ester groups is 1. The summed E-state index contributed by atoms with van der Waals surface area (Å²) in [6.07, 6.45) is 2.09. The number of benzene rings is 1. The van der Waals surface area contributed by atoms with Crippen LogP contribution in [0.4, 0.5) is 5.82 Å². The molecule has 177 valence electrons. The van der Waals surface area contributed by atoms with Crippen LogP contribution in [0.5, 0.6) is 0 Å². The van der Waals surface area contributed by atoms with E-state index in [1.165, 1.54) is 11.1 Å². The molecule has 0 fully saturated rings. The number of carbonyl (C=O) groups is 2. The maximum atomic E-state index is 12.7. The summed E-state index contributed by atoms with van der Waals surface area (Å²) >= 11 is 0.862. The minimum Gasteiger partial charge on any atom is -0.383 e. The van der Waals surface area contributed by atoms with Gasteiger partial charge in [-0.25, -0.2) is 14.5 Å². The number of hydrogen-bond acceptors (Lipinski definition) is 8. The Morgan fingerprint density at radius 1 is 1.31 bits per heavy atom. The van der Waals surface area contributed by atoms with E-state index < -0.39 is 7.82 Å². The van der Waals surface area contributed by atoms with E-state index in [9.17, 15) is 14.2 Å². The third kappa shape index (κ3) is 8.83. The Bertz CT molecular complexity index is 1020. The van der Waals surface area contributed by atoms with Crippen LogP contribution in [-0.2, 0) is 37.5 Å². The van der Waals surface area contributed by atoms with Crippen molar-refractivity contribution < 1.29 is 45.5 Å². The zero-order valence-corrected chi connectivity index (χ0v) is 19.9. The Morgan fingerprint density at radius 3 is 2.53 bits per heavy atom. The zero-order chi connectivity index (χ0) is 23.0. The number of allylic oxidation sites excluding steroid dienone is 1. The Hall–Kier alpha value is -2.04. The standard InChI is InChI=1S/C19H23N4O6PS.Cu/c1-13(23(12-24)11-16-10-21-14(2)22-18(16)20)17(8-9-29-30(26,27)28)31-19(25)15-6-4-3-5-7-15;/h3-7,10,12H,8-9,11H2,1-2H3,(H2,20,21,22)(H2,26,27,28);. The van der Waals surface area contributed by atoms with E-state index in [1.54, 1.807) is 44.2 Å². The first kappa shape index (κ1) is 28.0. The van der Waals surface area contributed by atoms with E-state index in [4.69, 9.17) is 15.5 Å². The number of rotatable bonds is 10. The second kappa shape index (κ2) is 12.9. The molecular formula is C19H23CuN4O6PS. The van der Waals surface area contributed by atoms with Crippen LogP contribution in [0.15, 0.2) is 47.1 Å². The fraction of sp³-hybridized carbons (Fsp3) is 0.263. The van der Waals surface area contributed by atoms with Gasteiger partial charge in [-0.15, -0.1) is 0 Å². The number of anilines is 1. The predicted molar refractivity (Wildman–Crippen MR) is 116 cm³/mol. The molecule has 0 aliphatic rings. The van der Waals surface area contributed by atoms with Gasteiger partial charge in [0.15, 0.2) is 0 Å². The number of thioether (sulfide) groups is 1. The molecule has 0 bridgehead atoms. The SMILES string of the molecule is CC(=C(CCOP(=O)(O)O)SC(=O)c1ccccc1)N(C=O)Cc1cnc(C)nc1N.[Cu]. The zero-order valence-electron chi connectivity index (χ0n) is 17.3. The third-order valence-electron chi connectivity index (χ3n) is 4.13. The number of hydrogen-bond donors (Lipinski definition) is 3. The van der Waals surface area contributed by atoms with Gasteiger partial charge in [0, 0.05) is 51.4 Å². The van der Waals surface area contributed by atoms with Crippen LogP contribution in [0.3, 0.4) is 0 Å². The molecule has 32 heavy (non-hydrogen) atoms. The number of nitrogens with zero attached hydrogens (tertiary/aromatic N) is 3. The van der Waals surface area contributed by atoms with E-state index in [-0.39, 0.29) is 47.6 Å². The molecule has 2 rings (SSSR count). The number of amides is 1. The average Bonchev–Trinajstić information content (AvgIpc) is 2.71. The smallest absolute Gasteiger partial charge is 0.383 e. The first-order chi connectivity index (χ1) is 14.6. The van der Waals surface area contributed by atoms with Crippen LogP contribution in [0.25, 0.3) is 0 Å². The Labute approximate surface area is 200 Å². The van der Waals surface area contributed by atoms with E-state index in [0.29, 0.717) is 34.0 Å². The summed E-state index contributed by atoms with van der Waals surface area (Å²) in [6, 6.07) is 8.52. The average molecular weight is 530 g/mol. The molecule has 1 amide bonds. The van der Waals surface area contributed by atoms with E-state index in [0.717, 1.165) is 11.8 Å². The van der Waals surface area contributed by atoms with Gasteiger partial charge in [-0.1, -0.05) is 30.3 Å². The normalized spacial score (nSPS) is 11.9. The van der Waals surface area contributed by atoms with Crippen molar-refractivity contribution in [2.75, 3.05) is 12.3 Å². The predicted octanol–water partition coefficient (Wildman–Crippen LogP) is 2.63. The van der Waals surface area contributed by atoms with Gasteiger partial charge in [-0.2, -0.15) is 0 Å². The number of carbonyl (C=O) groups excluding carboxylic acids is 2. The molecule has 0 saturated carbocycles. The van der Waals surface area contributed by atoms with E-state index >= 15 is 0 Å². The third-order valence-corrected chi connectivity index (χ3v) is 5.82. The monoisotopic (exact) mass is 529 g/mol. The molecule has 0 aliphatic carbocycles. The largest absolute Gasteiger partial charge is 0.469 e. The van der Waals surface area contributed by atoms with Crippen molar-refractivity contribution in [3.8, 4) is 0 Å². The summed E-state index contributed by atoms with van der Waals surface area (Å²) in [5.74, 6) is 0.719. The summed E-state index contributed by atoms with van der Waals surface area (Å²) in [4.78, 5) is 52.2. The summed E-state index contributed by atoms with van der Waals surface area (Å²) in [7, 11) is -4.67. The molecule has 1 aromatic heterocycles. The van der Waals surface area contributed by atoms with E-state index in [2.05, 4.69) is 14.5 Å². The molecule has 0 aliphatic heterocycles. The maximum absolute atomic E-state index is 12.7. The molecular weight excluding hydrogens is 507 g/mol. The first-order valence-electron chi connectivity index (χ1n) is 9.07. The van der Waals surface area contributed by atoms with Crippen molar-refractivity contribution in [3.05, 3.63) is 64.1 Å². The molecule has 0 saturated heterocycles. The van der Waals surface area contributed by atoms with Gasteiger partial charge in [0.25, 0.3) is 0 Å². The minimum atomic E-state index is -4.67. The Morgan fingerprint density at radius 2 is 1.97 bits per heavy atom. The summed E-state index contributed by atoms with van der Waals surface area (Å²) < 4.78 is 15.5. The molecule has 1 heterocycles. The molecule has 13 heteroatoms. The molecule has 1 radical (unpaired) electrons. The number of aryl methyl sites for hydroxylation is 1. The van der Waals surface area contributed by atoms with Crippen LogP contribution in [-0.4, -0.2) is 42.8 Å². The number of nitrogen functional groups attached to an aromatic ring is 1. The molecule has 4 N–H and O–H groups in total. The molecule has 2 aromatic rings. The van der Waals surface area contributed by atoms with Gasteiger partial charge in [-0.05, 0) is 25.6 Å². The minimum absolute atomic E-state index is 0. The van der Waals surface area contributed by atoms with Crippen LogP contribution < -0.4 is 5.73 Å². The molecule has 0 unspecified atom stereocenters. The Kier molecular flexibility index (Phi) is 11.2. The fourth-order valence-electron chi connectivity index (χ4n) is 2.52. The first-order valence-corrected chi connectivity index (χ1v) is 11.4. The van der Waals surface area contributed by atoms with Crippen LogP contribution in [0.1, 0.15) is 35.1 Å². The molecule has 10 nitrogen and oxygen atoms in total. The summed E-state index contributed by atoms with van der Waals surface area (Å²) in [5.41, 5.74) is 7.29. The van der Waals surface area contributed by atoms with Gasteiger partial charge in [0.05, 0.1) is 13.2 Å². The van der Waals surface area contributed by atoms with Crippen LogP contribution in [0.2, 0.25) is 0 Å². The Balaban J connectivity index is 0.00000512. The fourth-order valence-corrected chi connectivity index (χ4v) is 3.78. The number of aromatic nitrogens is 2. The topological polar surface area (TPSA) is 156 Å². The second-order valence-electron chi connectivity index (χ2n) is 6.40. The van der Waals surface area contributed by atoms with Crippen molar-refractivity contribution in [3.63, 3.8) is 0 Å². The van der Waals surface area contributed by atoms with Crippen LogP contribution >= 0.6 is 19.6 Å². The van der Waals surface area contributed by atoms with Crippen molar-refractivity contribution in [1.82, 2.24) is 14.9 Å². The summed E-state index contributed by atoms with van der Waals surface area (Å²) in [6.45, 7) is 3.03. The summed E-state index contributed by atoms with van der Waals surface area (Å²) in [5, 5.41) is -0.282. The van der Waals surface area contributed by atoms with Gasteiger partial charge < -0.3 is 20.4 Å². The molecule has 0 spiro atoms. The van der Waals surface area contributed by atoms with Crippen molar-refractivity contribution in [1.29, 1.82) is 0 Å². The van der Waals surface area contributed by atoms with Crippen LogP contribution in [0, 0.1) is 6.92 Å². The van der Waals surface area contributed by atoms with Gasteiger partial charge in [-0.3, -0.25) is 14.1 Å².